The van der Waals surface area contributed by atoms with E-state index in [4.69, 9.17) is 14.7 Å². The maximum absolute atomic E-state index is 13.2. The first-order valence-corrected chi connectivity index (χ1v) is 25.7. The molecule has 0 saturated carbocycles. The van der Waals surface area contributed by atoms with Crippen molar-refractivity contribution in [1.82, 2.24) is 49.6 Å². The Kier molecular flexibility index (Phi) is 14.4. The molecule has 6 aliphatic heterocycles. The van der Waals surface area contributed by atoms with Crippen LogP contribution in [0.5, 0.6) is 5.75 Å². The number of piperidine rings is 2. The lowest BCUT2D eigenvalue weighted by atomic mass is 10.0. The molecule has 6 saturated heterocycles. The van der Waals surface area contributed by atoms with Crippen LogP contribution in [0.2, 0.25) is 0 Å². The van der Waals surface area contributed by atoms with Crippen LogP contribution in [0.1, 0.15) is 103 Å². The van der Waals surface area contributed by atoms with Crippen LogP contribution in [0.25, 0.3) is 22.1 Å². The third-order valence-corrected chi connectivity index (χ3v) is 15.5. The molecule has 2 amide bonds. The molecule has 16 heteroatoms. The normalized spacial score (nSPS) is 22.4. The summed E-state index contributed by atoms with van der Waals surface area (Å²) in [7, 11) is 3.85. The lowest BCUT2D eigenvalue weighted by Gasteiger charge is -2.35. The predicted molar refractivity (Wildman–Crippen MR) is 266 cm³/mol. The average Bonchev–Trinajstić information content (AvgIpc) is 4.08. The minimum Gasteiger partial charge on any atom is -0.508 e. The van der Waals surface area contributed by atoms with Gasteiger partial charge in [0.15, 0.2) is 11.3 Å². The van der Waals surface area contributed by atoms with Gasteiger partial charge in [0.25, 0.3) is 11.8 Å². The van der Waals surface area contributed by atoms with Gasteiger partial charge < -0.3 is 44.6 Å². The zero-order chi connectivity index (χ0) is 46.6. The summed E-state index contributed by atoms with van der Waals surface area (Å²) in [5.74, 6) is 2.20. The number of ether oxygens (including phenoxy) is 1. The monoisotopic (exact) mass is 929 g/mol. The number of nitrogens with zero attached hydrogens (tertiary/aromatic N) is 10. The summed E-state index contributed by atoms with van der Waals surface area (Å²) in [5, 5.41) is 22.3. The Balaban J connectivity index is 0.000000159. The number of aromatic hydroxyl groups is 1. The van der Waals surface area contributed by atoms with Crippen LogP contribution in [0.3, 0.4) is 0 Å². The fourth-order valence-corrected chi connectivity index (χ4v) is 11.5. The van der Waals surface area contributed by atoms with Gasteiger partial charge in [-0.25, -0.2) is 14.6 Å². The Morgan fingerprint density at radius 2 is 1.21 bits per heavy atom. The van der Waals surface area contributed by atoms with Crippen molar-refractivity contribution in [2.75, 3.05) is 88.5 Å². The number of benzene rings is 1. The van der Waals surface area contributed by atoms with E-state index in [1.54, 1.807) is 16.8 Å². The molecule has 2 unspecified atom stereocenters. The number of morpholine rings is 1. The van der Waals surface area contributed by atoms with E-state index in [-0.39, 0.29) is 23.9 Å². The zero-order valence-corrected chi connectivity index (χ0v) is 40.3. The molecule has 0 aliphatic carbocycles. The molecule has 11 rings (SSSR count). The van der Waals surface area contributed by atoms with Gasteiger partial charge in [-0.1, -0.05) is 25.0 Å². The van der Waals surface area contributed by atoms with Crippen LogP contribution in [0.4, 0.5) is 11.6 Å². The first-order valence-electron chi connectivity index (χ1n) is 25.7. The Labute approximate surface area is 401 Å². The molecule has 0 radical (unpaired) electrons. The lowest BCUT2D eigenvalue weighted by molar-refractivity contribution is 0.0898. The minimum atomic E-state index is -0.0814. The van der Waals surface area contributed by atoms with E-state index in [9.17, 15) is 14.7 Å². The summed E-state index contributed by atoms with van der Waals surface area (Å²) in [6.45, 7) is 13.4. The zero-order valence-electron chi connectivity index (χ0n) is 40.3. The number of amides is 2. The van der Waals surface area contributed by atoms with Crippen LogP contribution in [-0.4, -0.2) is 159 Å². The number of anilines is 2. The SMILES string of the molecule is Cn1cc(C(=O)NC2CCN(Cc3ccc(O)cc3)CC2)c2ccc(N3CCCCCC3)nc21.Cn1nc(C(=O)NC2CCN(CCN3CCCC3)CC2)c2ccc(N3C4CCC3COC4)nc21. The number of fused-ring (bicyclic) bond motifs is 4. The Morgan fingerprint density at radius 1 is 0.632 bits per heavy atom. The van der Waals surface area contributed by atoms with Gasteiger partial charge >= 0.3 is 0 Å². The number of likely N-dealkylation sites (tertiary alicyclic amines) is 3. The van der Waals surface area contributed by atoms with Crippen LogP contribution in [-0.2, 0) is 25.4 Å². The average molecular weight is 929 g/mol. The summed E-state index contributed by atoms with van der Waals surface area (Å²) < 4.78 is 9.45. The summed E-state index contributed by atoms with van der Waals surface area (Å²) in [6, 6.07) is 16.8. The third-order valence-electron chi connectivity index (χ3n) is 15.5. The maximum Gasteiger partial charge on any atom is 0.272 e. The first kappa shape index (κ1) is 46.4. The summed E-state index contributed by atoms with van der Waals surface area (Å²) in [5.41, 5.74) is 4.03. The molecule has 68 heavy (non-hydrogen) atoms. The van der Waals surface area contributed by atoms with Gasteiger partial charge in [0.1, 0.15) is 23.0 Å². The predicted octanol–water partition coefficient (Wildman–Crippen LogP) is 5.68. The highest BCUT2D eigenvalue weighted by Gasteiger charge is 2.38. The van der Waals surface area contributed by atoms with Crippen LogP contribution >= 0.6 is 0 Å². The first-order chi connectivity index (χ1) is 33.2. The second-order valence-corrected chi connectivity index (χ2v) is 20.3. The van der Waals surface area contributed by atoms with E-state index in [2.05, 4.69) is 58.4 Å². The molecule has 3 N–H and O–H groups in total. The van der Waals surface area contributed by atoms with Gasteiger partial charge in [-0.2, -0.15) is 5.10 Å². The van der Waals surface area contributed by atoms with Crippen molar-refractivity contribution in [3.63, 3.8) is 0 Å². The van der Waals surface area contributed by atoms with E-state index < -0.39 is 0 Å². The van der Waals surface area contributed by atoms with Gasteiger partial charge in [0.05, 0.1) is 36.2 Å². The number of pyridine rings is 2. The Morgan fingerprint density at radius 3 is 1.88 bits per heavy atom. The summed E-state index contributed by atoms with van der Waals surface area (Å²) >= 11 is 0. The molecular formula is C52H72N12O4. The highest BCUT2D eigenvalue weighted by molar-refractivity contribution is 6.06. The van der Waals surface area contributed by atoms with Crippen LogP contribution in [0.15, 0.2) is 54.7 Å². The highest BCUT2D eigenvalue weighted by Crippen LogP contribution is 2.34. The van der Waals surface area contributed by atoms with Gasteiger partial charge in [-0.3, -0.25) is 14.5 Å². The topological polar surface area (TPSA) is 152 Å². The van der Waals surface area contributed by atoms with E-state index in [1.807, 2.05) is 43.1 Å². The molecule has 16 nitrogen and oxygen atoms in total. The molecule has 4 aromatic heterocycles. The van der Waals surface area contributed by atoms with E-state index in [0.29, 0.717) is 29.1 Å². The highest BCUT2D eigenvalue weighted by atomic mass is 16.5. The van der Waals surface area contributed by atoms with Crippen molar-refractivity contribution in [1.29, 1.82) is 0 Å². The number of aryl methyl sites for hydroxylation is 2. The van der Waals surface area contributed by atoms with E-state index in [0.717, 1.165) is 138 Å². The van der Waals surface area contributed by atoms with Crippen molar-refractivity contribution in [2.24, 2.45) is 14.1 Å². The van der Waals surface area contributed by atoms with Gasteiger partial charge in [0, 0.05) is 96.7 Å². The number of phenols is 1. The molecule has 364 valence electrons. The van der Waals surface area contributed by atoms with Gasteiger partial charge in [-0.15, -0.1) is 0 Å². The lowest BCUT2D eigenvalue weighted by Crippen LogP contribution is -2.46. The van der Waals surface area contributed by atoms with Gasteiger partial charge in [0.2, 0.25) is 0 Å². The molecule has 0 spiro atoms. The number of rotatable bonds is 11. The fourth-order valence-electron chi connectivity index (χ4n) is 11.5. The van der Waals surface area contributed by atoms with Crippen molar-refractivity contribution in [2.45, 2.75) is 108 Å². The fraction of sp³-hybridized carbons (Fsp3) is 0.596. The summed E-state index contributed by atoms with van der Waals surface area (Å²) in [4.78, 5) is 48.5. The second-order valence-electron chi connectivity index (χ2n) is 20.3. The number of hydrogen-bond acceptors (Lipinski definition) is 12. The quantitative estimate of drug-likeness (QED) is 0.150. The van der Waals surface area contributed by atoms with Crippen LogP contribution < -0.4 is 20.4 Å². The number of nitrogens with one attached hydrogen (secondary N) is 2. The van der Waals surface area contributed by atoms with Crippen molar-refractivity contribution in [3.05, 3.63) is 71.5 Å². The molecule has 2 atom stereocenters. The Hall–Kier alpha value is -5.29. The number of phenolic OH excluding ortho intramolecular Hbond substituents is 1. The molecule has 2 bridgehead atoms. The van der Waals surface area contributed by atoms with Crippen molar-refractivity contribution >= 4 is 45.5 Å². The number of carbonyl (C=O) groups excluding carboxylic acids is 2. The van der Waals surface area contributed by atoms with Gasteiger partial charge in [-0.05, 0) is 119 Å². The second kappa shape index (κ2) is 21.1. The molecule has 6 aliphatic rings. The molecule has 6 fully saturated rings. The molecule has 5 aromatic rings. The standard InChI is InChI=1S/C27H35N5O2.C25H37N7O2/c1-30-19-24(23-10-11-25(29-26(23)30)32-14-4-2-3-5-15-32)27(34)28-21-12-16-31(17-13-21)18-20-6-8-22(33)9-7-20;1-29-24-21(6-7-22(27-24)32-19-4-5-20(32)17-34-16-19)23(28-29)25(33)26-18-8-12-31(13-9-18)15-14-30-10-2-3-11-30/h6-11,19,21,33H,2-5,12-18H2,1H3,(H,28,34);6-7,18-20H,2-5,8-17H2,1H3,(H,26,33). The number of carbonyl (C=O) groups is 2. The molecular weight excluding hydrogens is 857 g/mol. The smallest absolute Gasteiger partial charge is 0.272 e. The minimum absolute atomic E-state index is 0.00749. The third kappa shape index (κ3) is 10.6. The number of aromatic nitrogens is 5. The largest absolute Gasteiger partial charge is 0.508 e. The van der Waals surface area contributed by atoms with E-state index in [1.165, 1.54) is 63.7 Å². The van der Waals surface area contributed by atoms with E-state index >= 15 is 0 Å². The van der Waals surface area contributed by atoms with Crippen molar-refractivity contribution in [3.8, 4) is 5.75 Å². The summed E-state index contributed by atoms with van der Waals surface area (Å²) in [6.07, 6.45) is 15.8. The van der Waals surface area contributed by atoms with Crippen LogP contribution in [0, 0.1) is 0 Å². The van der Waals surface area contributed by atoms with Crippen molar-refractivity contribution < 1.29 is 19.4 Å². The maximum atomic E-state index is 13.2. The number of hydrogen-bond donors (Lipinski definition) is 3. The molecule has 1 aromatic carbocycles. The Bertz CT molecular complexity index is 2480. The molecule has 10 heterocycles.